The summed E-state index contributed by atoms with van der Waals surface area (Å²) < 4.78 is 10.0. The average Bonchev–Trinajstić information content (AvgIpc) is 2.59. The van der Waals surface area contributed by atoms with Gasteiger partial charge in [-0.25, -0.2) is 4.79 Å². The van der Waals surface area contributed by atoms with Crippen LogP contribution in [0.2, 0.25) is 0 Å². The van der Waals surface area contributed by atoms with Gasteiger partial charge in [-0.05, 0) is 44.6 Å². The van der Waals surface area contributed by atoms with E-state index < -0.39 is 5.41 Å². The van der Waals surface area contributed by atoms with Crippen LogP contribution < -0.4 is 0 Å². The van der Waals surface area contributed by atoms with Gasteiger partial charge in [-0.2, -0.15) is 11.8 Å². The van der Waals surface area contributed by atoms with E-state index in [1.807, 2.05) is 32.0 Å². The number of thioether (sulfide) groups is 1. The van der Waals surface area contributed by atoms with Crippen LogP contribution in [0.15, 0.2) is 30.3 Å². The molecule has 0 spiro atoms. The summed E-state index contributed by atoms with van der Waals surface area (Å²) in [4.78, 5) is 23.3. The summed E-state index contributed by atoms with van der Waals surface area (Å²) in [7, 11) is 1.43. The summed E-state index contributed by atoms with van der Waals surface area (Å²) in [6.07, 6.45) is 4.14. The van der Waals surface area contributed by atoms with Crippen LogP contribution in [0, 0.1) is 5.41 Å². The molecule has 0 fully saturated rings. The van der Waals surface area contributed by atoms with E-state index in [-0.39, 0.29) is 11.9 Å². The molecule has 0 aromatic heterocycles. The Morgan fingerprint density at radius 2 is 1.71 bits per heavy atom. The minimum Gasteiger partial charge on any atom is -0.469 e. The maximum Gasteiger partial charge on any atom is 0.338 e. The molecule has 0 unspecified atom stereocenters. The van der Waals surface area contributed by atoms with Crippen LogP contribution in [-0.4, -0.2) is 37.2 Å². The fraction of sp³-hybridized carbons (Fsp3) is 0.579. The van der Waals surface area contributed by atoms with Gasteiger partial charge in [0.1, 0.15) is 0 Å². The molecule has 24 heavy (non-hydrogen) atoms. The van der Waals surface area contributed by atoms with Crippen molar-refractivity contribution in [3.63, 3.8) is 0 Å². The third-order valence-corrected chi connectivity index (χ3v) is 5.13. The van der Waals surface area contributed by atoms with Gasteiger partial charge in [0.25, 0.3) is 0 Å². The molecule has 1 rings (SSSR count). The molecular formula is C19H28O4S. The highest BCUT2D eigenvalue weighted by molar-refractivity contribution is 7.99. The lowest BCUT2D eigenvalue weighted by molar-refractivity contribution is -0.149. The summed E-state index contributed by atoms with van der Waals surface area (Å²) in [5, 5.41) is 0. The van der Waals surface area contributed by atoms with E-state index in [1.54, 1.807) is 23.9 Å². The minimum absolute atomic E-state index is 0.157. The Hall–Kier alpha value is -1.49. The smallest absolute Gasteiger partial charge is 0.338 e. The number of benzene rings is 1. The molecule has 4 nitrogen and oxygen atoms in total. The summed E-state index contributed by atoms with van der Waals surface area (Å²) in [5.74, 6) is 1.39. The number of unbranched alkanes of at least 4 members (excludes halogenated alkanes) is 3. The Morgan fingerprint density at radius 1 is 1.04 bits per heavy atom. The number of esters is 2. The third kappa shape index (κ3) is 7.86. The molecule has 0 radical (unpaired) electrons. The zero-order valence-corrected chi connectivity index (χ0v) is 15.7. The predicted molar refractivity (Wildman–Crippen MR) is 98.3 cm³/mol. The van der Waals surface area contributed by atoms with Gasteiger partial charge in [-0.3, -0.25) is 4.79 Å². The van der Waals surface area contributed by atoms with Crippen LogP contribution in [0.3, 0.4) is 0 Å². The highest BCUT2D eigenvalue weighted by Crippen LogP contribution is 2.24. The van der Waals surface area contributed by atoms with Gasteiger partial charge in [0.15, 0.2) is 0 Å². The first-order chi connectivity index (χ1) is 11.5. The maximum absolute atomic E-state index is 11.7. The molecule has 134 valence electrons. The van der Waals surface area contributed by atoms with Crippen LogP contribution in [-0.2, 0) is 14.3 Å². The molecule has 5 heteroatoms. The molecule has 0 saturated carbocycles. The second kappa shape index (κ2) is 11.1. The fourth-order valence-electron chi connectivity index (χ4n) is 2.14. The lowest BCUT2D eigenvalue weighted by Crippen LogP contribution is -2.28. The Bertz CT molecular complexity index is 499. The molecule has 0 N–H and O–H groups in total. The first kappa shape index (κ1) is 20.6. The number of hydrogen-bond donors (Lipinski definition) is 0. The van der Waals surface area contributed by atoms with E-state index in [1.165, 1.54) is 7.11 Å². The molecule has 0 aliphatic rings. The molecular weight excluding hydrogens is 324 g/mol. The van der Waals surface area contributed by atoms with Crippen LogP contribution >= 0.6 is 11.8 Å². The maximum atomic E-state index is 11.7. The van der Waals surface area contributed by atoms with Crippen LogP contribution in [0.1, 0.15) is 49.9 Å². The van der Waals surface area contributed by atoms with Gasteiger partial charge < -0.3 is 9.47 Å². The van der Waals surface area contributed by atoms with Crippen molar-refractivity contribution < 1.29 is 19.1 Å². The summed E-state index contributed by atoms with van der Waals surface area (Å²) >= 11 is 1.78. The van der Waals surface area contributed by atoms with Gasteiger partial charge in [-0.15, -0.1) is 0 Å². The Balaban J connectivity index is 1.99. The SMILES string of the molecule is COC(=O)C(C)(C)CSCCCCCCOC(=O)c1ccccc1. The average molecular weight is 352 g/mol. The van der Waals surface area contributed by atoms with E-state index >= 15 is 0 Å². The van der Waals surface area contributed by atoms with Crippen LogP contribution in [0.4, 0.5) is 0 Å². The summed E-state index contributed by atoms with van der Waals surface area (Å²) in [5.41, 5.74) is 0.174. The number of methoxy groups -OCH3 is 1. The van der Waals surface area contributed by atoms with Gasteiger partial charge in [0.05, 0.1) is 24.7 Å². The van der Waals surface area contributed by atoms with Gasteiger partial charge >= 0.3 is 11.9 Å². The fourth-order valence-corrected chi connectivity index (χ4v) is 3.33. The van der Waals surface area contributed by atoms with Gasteiger partial charge in [-0.1, -0.05) is 31.0 Å². The van der Waals surface area contributed by atoms with Crippen molar-refractivity contribution in [2.45, 2.75) is 39.5 Å². The second-order valence-corrected chi connectivity index (χ2v) is 7.45. The van der Waals surface area contributed by atoms with Crippen molar-refractivity contribution in [3.05, 3.63) is 35.9 Å². The number of carbonyl (C=O) groups excluding carboxylic acids is 2. The third-order valence-electron chi connectivity index (χ3n) is 3.63. The lowest BCUT2D eigenvalue weighted by atomic mass is 9.97. The molecule has 1 aromatic carbocycles. The Labute approximate surface area is 149 Å². The van der Waals surface area contributed by atoms with E-state index in [0.717, 1.165) is 37.2 Å². The van der Waals surface area contributed by atoms with E-state index in [4.69, 9.17) is 9.47 Å². The predicted octanol–water partition coefficient (Wildman–Crippen LogP) is 4.34. The normalized spacial score (nSPS) is 11.1. The van der Waals surface area contributed by atoms with Crippen molar-refractivity contribution in [2.24, 2.45) is 5.41 Å². The zero-order chi connectivity index (χ0) is 17.8. The molecule has 0 amide bonds. The molecule has 0 bridgehead atoms. The molecule has 0 heterocycles. The quantitative estimate of drug-likeness (QED) is 0.438. The van der Waals surface area contributed by atoms with E-state index in [0.29, 0.717) is 12.2 Å². The largest absolute Gasteiger partial charge is 0.469 e. The molecule has 0 aliphatic carbocycles. The lowest BCUT2D eigenvalue weighted by Gasteiger charge is -2.20. The van der Waals surface area contributed by atoms with Crippen LogP contribution in [0.5, 0.6) is 0 Å². The van der Waals surface area contributed by atoms with Crippen molar-refractivity contribution in [3.8, 4) is 0 Å². The second-order valence-electron chi connectivity index (χ2n) is 6.34. The van der Waals surface area contributed by atoms with Crippen molar-refractivity contribution in [1.29, 1.82) is 0 Å². The first-order valence-corrected chi connectivity index (χ1v) is 9.51. The van der Waals surface area contributed by atoms with Crippen molar-refractivity contribution in [1.82, 2.24) is 0 Å². The molecule has 0 aliphatic heterocycles. The van der Waals surface area contributed by atoms with E-state index in [9.17, 15) is 9.59 Å². The highest BCUT2D eigenvalue weighted by atomic mass is 32.2. The first-order valence-electron chi connectivity index (χ1n) is 8.36. The minimum atomic E-state index is -0.426. The molecule has 0 atom stereocenters. The topological polar surface area (TPSA) is 52.6 Å². The standard InChI is InChI=1S/C19H28O4S/c1-19(2,18(21)22-3)15-24-14-10-5-4-9-13-23-17(20)16-11-7-6-8-12-16/h6-8,11-12H,4-5,9-10,13-15H2,1-3H3. The number of carbonyl (C=O) groups is 2. The van der Waals surface area contributed by atoms with Crippen molar-refractivity contribution >= 4 is 23.7 Å². The highest BCUT2D eigenvalue weighted by Gasteiger charge is 2.28. The Kier molecular flexibility index (Phi) is 9.53. The molecule has 1 aromatic rings. The monoisotopic (exact) mass is 352 g/mol. The summed E-state index contributed by atoms with van der Waals surface area (Å²) in [6.45, 7) is 4.29. The number of hydrogen-bond acceptors (Lipinski definition) is 5. The number of rotatable bonds is 11. The summed E-state index contributed by atoms with van der Waals surface area (Å²) in [6, 6.07) is 9.05. The van der Waals surface area contributed by atoms with Crippen molar-refractivity contribution in [2.75, 3.05) is 25.2 Å². The van der Waals surface area contributed by atoms with Gasteiger partial charge in [0, 0.05) is 5.75 Å². The zero-order valence-electron chi connectivity index (χ0n) is 14.9. The van der Waals surface area contributed by atoms with Crippen LogP contribution in [0.25, 0.3) is 0 Å². The molecule has 0 saturated heterocycles. The Morgan fingerprint density at radius 3 is 2.38 bits per heavy atom. The van der Waals surface area contributed by atoms with E-state index in [2.05, 4.69) is 0 Å². The van der Waals surface area contributed by atoms with Gasteiger partial charge in [0.2, 0.25) is 0 Å². The number of ether oxygens (including phenoxy) is 2.